The molecule has 168 valence electrons. The maximum Gasteiger partial charge on any atom is 0.328 e. The topological polar surface area (TPSA) is 151 Å². The summed E-state index contributed by atoms with van der Waals surface area (Å²) in [6.07, 6.45) is 3.36. The van der Waals surface area contributed by atoms with Crippen LogP contribution >= 0.6 is 0 Å². The van der Waals surface area contributed by atoms with Crippen LogP contribution in [0.4, 0.5) is 10.1 Å². The highest BCUT2D eigenvalue weighted by molar-refractivity contribution is 6.70. The van der Waals surface area contributed by atoms with Crippen molar-refractivity contribution < 1.29 is 23.5 Å². The molecule has 0 bridgehead atoms. The predicted molar refractivity (Wildman–Crippen MR) is 115 cm³/mol. The summed E-state index contributed by atoms with van der Waals surface area (Å²) in [6, 6.07) is 5.03. The summed E-state index contributed by atoms with van der Waals surface area (Å²) in [6.45, 7) is 0.357. The van der Waals surface area contributed by atoms with Crippen molar-refractivity contribution in [1.29, 1.82) is 0 Å². The Kier molecular flexibility index (Phi) is 7.26. The van der Waals surface area contributed by atoms with Gasteiger partial charge in [-0.1, -0.05) is 6.07 Å². The van der Waals surface area contributed by atoms with Gasteiger partial charge in [-0.2, -0.15) is 5.10 Å². The molecule has 0 spiro atoms. The molecule has 2 aliphatic rings. The van der Waals surface area contributed by atoms with Crippen molar-refractivity contribution in [2.45, 2.75) is 18.9 Å². The average Bonchev–Trinajstić information content (AvgIpc) is 3.41. The number of anilines is 1. The molecule has 2 heterocycles. The van der Waals surface area contributed by atoms with Gasteiger partial charge in [-0.25, -0.2) is 9.18 Å². The van der Waals surface area contributed by atoms with Gasteiger partial charge in [-0.05, 0) is 31.0 Å². The number of carbonyl (C=O) groups excluding carboxylic acids is 3. The molecule has 2 amide bonds. The molecule has 0 radical (unpaired) electrons. The number of methoxy groups -OCH3 is 1. The minimum absolute atomic E-state index is 0.0340. The minimum Gasteiger partial charge on any atom is -0.467 e. The molecule has 1 atom stereocenters. The van der Waals surface area contributed by atoms with Gasteiger partial charge in [0.15, 0.2) is 11.5 Å². The van der Waals surface area contributed by atoms with Crippen molar-refractivity contribution in [3.63, 3.8) is 0 Å². The third-order valence-electron chi connectivity index (χ3n) is 4.73. The highest BCUT2D eigenvalue weighted by atomic mass is 19.1. The van der Waals surface area contributed by atoms with E-state index in [1.54, 1.807) is 6.07 Å². The third-order valence-corrected chi connectivity index (χ3v) is 4.73. The molecule has 0 saturated carbocycles. The maximum absolute atomic E-state index is 13.3. The smallest absolute Gasteiger partial charge is 0.328 e. The van der Waals surface area contributed by atoms with Gasteiger partial charge in [0.1, 0.15) is 17.6 Å². The van der Waals surface area contributed by atoms with E-state index in [4.69, 9.17) is 10.5 Å². The molecule has 0 aromatic heterocycles. The first kappa shape index (κ1) is 22.6. The molecule has 1 aromatic rings. The number of hydrogen-bond donors (Lipinski definition) is 3. The lowest BCUT2D eigenvalue weighted by Gasteiger charge is -2.20. The Morgan fingerprint density at radius 2 is 2.16 bits per heavy atom. The number of esters is 1. The van der Waals surface area contributed by atoms with E-state index in [0.717, 1.165) is 12.2 Å². The van der Waals surface area contributed by atoms with Crippen LogP contribution in [-0.4, -0.2) is 66.2 Å². The maximum atomic E-state index is 13.3. The fourth-order valence-corrected chi connectivity index (χ4v) is 3.16. The van der Waals surface area contributed by atoms with Crippen LogP contribution in [0.3, 0.4) is 0 Å². The largest absolute Gasteiger partial charge is 0.467 e. The Morgan fingerprint density at radius 1 is 1.34 bits per heavy atom. The molecular weight excluding hydrogens is 421 g/mol. The fourth-order valence-electron chi connectivity index (χ4n) is 3.16. The van der Waals surface area contributed by atoms with Crippen LogP contribution in [0.2, 0.25) is 0 Å². The lowest BCUT2D eigenvalue weighted by molar-refractivity contribution is -0.149. The minimum atomic E-state index is -0.641. The number of hydrazone groups is 1. The number of likely N-dealkylation sites (tertiary alicyclic amines) is 1. The number of halogens is 1. The number of nitrogens with one attached hydrogen (secondary N) is 2. The summed E-state index contributed by atoms with van der Waals surface area (Å²) in [5.41, 5.74) is 9.30. The molecule has 1 aromatic carbocycles. The summed E-state index contributed by atoms with van der Waals surface area (Å²) < 4.78 is 18.0. The van der Waals surface area contributed by atoms with Gasteiger partial charge < -0.3 is 20.7 Å². The molecule has 3 rings (SSSR count). The molecule has 32 heavy (non-hydrogen) atoms. The number of nitrogens with two attached hydrogens (primary N) is 1. The van der Waals surface area contributed by atoms with Crippen molar-refractivity contribution in [1.82, 2.24) is 10.2 Å². The van der Waals surface area contributed by atoms with E-state index in [1.807, 2.05) is 0 Å². The van der Waals surface area contributed by atoms with E-state index in [0.29, 0.717) is 25.1 Å². The lowest BCUT2D eigenvalue weighted by atomic mass is 10.2. The second kappa shape index (κ2) is 10.3. The van der Waals surface area contributed by atoms with Gasteiger partial charge in [0.2, 0.25) is 11.8 Å². The Labute approximate surface area is 182 Å². The average molecular weight is 443 g/mol. The van der Waals surface area contributed by atoms with Crippen molar-refractivity contribution in [2.75, 3.05) is 25.6 Å². The van der Waals surface area contributed by atoms with E-state index in [1.165, 1.54) is 30.2 Å². The molecule has 1 saturated heterocycles. The summed E-state index contributed by atoms with van der Waals surface area (Å²) in [5, 5.41) is 14.2. The zero-order chi connectivity index (χ0) is 23.1. The summed E-state index contributed by atoms with van der Waals surface area (Å²) in [5.74, 6) is -1.90. The highest BCUT2D eigenvalue weighted by Crippen LogP contribution is 2.18. The van der Waals surface area contributed by atoms with Crippen molar-refractivity contribution >= 4 is 40.7 Å². The standard InChI is InChI=1S/C20H22FN7O4/c1-32-20(31)15-6-3-9-28(15)17(30)8-7-16(29)23-11-14-18(19(22)27-25-14)26-24-13-5-2-4-12(21)10-13/h2,4-5,7-8,10,15,24H,3,6,9,11H2,1H3,(H,23,29)(H2,22,26,27). The lowest BCUT2D eigenvalue weighted by Crippen LogP contribution is -2.40. The second-order valence-corrected chi connectivity index (χ2v) is 6.88. The van der Waals surface area contributed by atoms with Gasteiger partial charge >= 0.3 is 5.97 Å². The fraction of sp³-hybridized carbons (Fsp3) is 0.300. The van der Waals surface area contributed by atoms with Crippen LogP contribution in [0.15, 0.2) is 51.7 Å². The quantitative estimate of drug-likeness (QED) is 0.310. The molecule has 12 heteroatoms. The number of amidine groups is 1. The van der Waals surface area contributed by atoms with Crippen molar-refractivity contribution in [3.8, 4) is 0 Å². The van der Waals surface area contributed by atoms with Gasteiger partial charge in [0.25, 0.3) is 0 Å². The normalized spacial score (nSPS) is 19.1. The molecule has 4 N–H and O–H groups in total. The third kappa shape index (κ3) is 5.53. The zero-order valence-electron chi connectivity index (χ0n) is 17.2. The SMILES string of the molecule is COC(=O)C1CCCN1C(=O)C=CC(=O)NCC1=NN=C(N)C1=NNc1cccc(F)c1. The van der Waals surface area contributed by atoms with Crippen molar-refractivity contribution in [3.05, 3.63) is 42.2 Å². The molecule has 11 nitrogen and oxygen atoms in total. The number of benzene rings is 1. The van der Waals surface area contributed by atoms with Crippen LogP contribution in [0.5, 0.6) is 0 Å². The van der Waals surface area contributed by atoms with Crippen LogP contribution in [0, 0.1) is 5.82 Å². The monoisotopic (exact) mass is 443 g/mol. The number of rotatable bonds is 7. The molecule has 0 aliphatic carbocycles. The van der Waals surface area contributed by atoms with Gasteiger partial charge in [-0.3, -0.25) is 15.0 Å². The Morgan fingerprint density at radius 3 is 2.91 bits per heavy atom. The highest BCUT2D eigenvalue weighted by Gasteiger charge is 2.33. The van der Waals surface area contributed by atoms with Gasteiger partial charge in [-0.15, -0.1) is 10.2 Å². The van der Waals surface area contributed by atoms with Crippen LogP contribution in [0.1, 0.15) is 12.8 Å². The first-order valence-electron chi connectivity index (χ1n) is 9.73. The molecule has 2 aliphatic heterocycles. The molecule has 1 unspecified atom stereocenters. The van der Waals surface area contributed by atoms with Gasteiger partial charge in [0, 0.05) is 18.7 Å². The van der Waals surface area contributed by atoms with E-state index in [9.17, 15) is 18.8 Å². The number of carbonyl (C=O) groups is 3. The van der Waals surface area contributed by atoms with Crippen LogP contribution < -0.4 is 16.5 Å². The second-order valence-electron chi connectivity index (χ2n) is 6.88. The van der Waals surface area contributed by atoms with E-state index in [-0.39, 0.29) is 23.8 Å². The molecular formula is C20H22FN7O4. The summed E-state index contributed by atoms with van der Waals surface area (Å²) in [4.78, 5) is 37.5. The summed E-state index contributed by atoms with van der Waals surface area (Å²) in [7, 11) is 1.26. The summed E-state index contributed by atoms with van der Waals surface area (Å²) >= 11 is 0. The zero-order valence-corrected chi connectivity index (χ0v) is 17.2. The number of amides is 2. The number of ether oxygens (including phenoxy) is 1. The first-order valence-corrected chi connectivity index (χ1v) is 9.73. The number of nitrogens with zero attached hydrogens (tertiary/aromatic N) is 4. The number of hydrogen-bond acceptors (Lipinski definition) is 9. The van der Waals surface area contributed by atoms with E-state index < -0.39 is 29.6 Å². The van der Waals surface area contributed by atoms with Crippen LogP contribution in [0.25, 0.3) is 0 Å². The first-order chi connectivity index (χ1) is 15.4. The van der Waals surface area contributed by atoms with Gasteiger partial charge in [0.05, 0.1) is 19.3 Å². The van der Waals surface area contributed by atoms with E-state index in [2.05, 4.69) is 26.0 Å². The van der Waals surface area contributed by atoms with E-state index >= 15 is 0 Å². The van der Waals surface area contributed by atoms with Crippen molar-refractivity contribution in [2.24, 2.45) is 21.0 Å². The molecule has 1 fully saturated rings. The van der Waals surface area contributed by atoms with Crippen LogP contribution in [-0.2, 0) is 19.1 Å². The predicted octanol–water partition coefficient (Wildman–Crippen LogP) is 0.157. The Bertz CT molecular complexity index is 1030. The Balaban J connectivity index is 1.54. The Hall–Kier alpha value is -4.09.